The number of aromatic nitrogens is 1. The number of nitrogens with one attached hydrogen (secondary N) is 2. The number of hydrogen-bond acceptors (Lipinski definition) is 5. The average Bonchev–Trinajstić information content (AvgIpc) is 3.33. The van der Waals surface area contributed by atoms with Crippen molar-refractivity contribution < 1.29 is 27.2 Å². The molecule has 0 bridgehead atoms. The molecule has 4 rings (SSSR count). The van der Waals surface area contributed by atoms with Crippen molar-refractivity contribution in [1.82, 2.24) is 15.2 Å². The van der Waals surface area contributed by atoms with Crippen LogP contribution >= 0.6 is 0 Å². The zero-order valence-electron chi connectivity index (χ0n) is 20.4. The van der Waals surface area contributed by atoms with Crippen molar-refractivity contribution in [3.05, 3.63) is 77.6 Å². The second-order valence-corrected chi connectivity index (χ2v) is 8.27. The minimum Gasteiger partial charge on any atom is -0.450 e. The smallest absolute Gasteiger partial charge is 0.322 e. The van der Waals surface area contributed by atoms with Gasteiger partial charge in [-0.15, -0.1) is 6.42 Å². The second-order valence-electron chi connectivity index (χ2n) is 8.27. The predicted molar refractivity (Wildman–Crippen MR) is 137 cm³/mol. The normalized spacial score (nSPS) is 14.5. The van der Waals surface area contributed by atoms with Gasteiger partial charge in [0, 0.05) is 37.6 Å². The van der Waals surface area contributed by atoms with Crippen LogP contribution in [0.4, 0.5) is 29.5 Å². The van der Waals surface area contributed by atoms with E-state index in [1.54, 1.807) is 24.3 Å². The number of carbonyl (C=O) groups is 2. The van der Waals surface area contributed by atoms with Gasteiger partial charge in [0.25, 0.3) is 12.3 Å². The van der Waals surface area contributed by atoms with Crippen LogP contribution < -0.4 is 15.5 Å². The van der Waals surface area contributed by atoms with Gasteiger partial charge in [-0.05, 0) is 31.2 Å². The summed E-state index contributed by atoms with van der Waals surface area (Å²) in [5.74, 6) is 0.922. The number of furan rings is 1. The molecule has 1 aliphatic rings. The Hall–Kier alpha value is -4.72. The van der Waals surface area contributed by atoms with Gasteiger partial charge < -0.3 is 24.9 Å². The Bertz CT molecular complexity index is 1430. The molecule has 0 aliphatic carbocycles. The van der Waals surface area contributed by atoms with Crippen LogP contribution in [0.15, 0.2) is 70.7 Å². The number of halogens is 3. The van der Waals surface area contributed by atoms with E-state index in [4.69, 9.17) is 10.8 Å². The molecule has 11 heteroatoms. The van der Waals surface area contributed by atoms with Gasteiger partial charge in [0.2, 0.25) is 5.76 Å². The molecule has 1 fully saturated rings. The molecule has 3 amide bonds. The number of benzene rings is 1. The molecule has 0 saturated carbocycles. The minimum absolute atomic E-state index is 0.0787. The number of urea groups is 1. The molecule has 2 aromatic heterocycles. The lowest BCUT2D eigenvalue weighted by molar-refractivity contribution is 0.0980. The monoisotopic (exact) mass is 523 g/mol. The van der Waals surface area contributed by atoms with Gasteiger partial charge in [-0.2, -0.15) is 0 Å². The Balaban J connectivity index is 1.37. The van der Waals surface area contributed by atoms with Crippen LogP contribution in [0, 0.1) is 12.3 Å². The van der Waals surface area contributed by atoms with Crippen LogP contribution in [0.1, 0.15) is 29.5 Å². The predicted octanol–water partition coefficient (Wildman–Crippen LogP) is 5.24. The number of alkyl halides is 2. The number of terminal acetylenes is 1. The fourth-order valence-corrected chi connectivity index (χ4v) is 4.02. The summed E-state index contributed by atoms with van der Waals surface area (Å²) >= 11 is 0. The third kappa shape index (κ3) is 5.64. The highest BCUT2D eigenvalue weighted by Gasteiger charge is 2.27. The van der Waals surface area contributed by atoms with Gasteiger partial charge in [0.15, 0.2) is 0 Å². The number of anilines is 2. The van der Waals surface area contributed by atoms with Crippen molar-refractivity contribution in [2.24, 2.45) is 0 Å². The summed E-state index contributed by atoms with van der Waals surface area (Å²) in [5, 5.41) is 5.22. The molecule has 1 aliphatic heterocycles. The number of carbonyl (C=O) groups excluding carboxylic acids is 2. The molecule has 1 aromatic carbocycles. The number of piperazine rings is 1. The third-order valence-electron chi connectivity index (χ3n) is 5.93. The number of amides is 3. The highest BCUT2D eigenvalue weighted by Crippen LogP contribution is 2.34. The summed E-state index contributed by atoms with van der Waals surface area (Å²) in [7, 11) is 0. The van der Waals surface area contributed by atoms with E-state index in [1.165, 1.54) is 36.2 Å². The number of allylic oxidation sites excluding steroid dienone is 3. The van der Waals surface area contributed by atoms with Crippen molar-refractivity contribution in [2.45, 2.75) is 13.3 Å². The number of para-hydroxylation sites is 1. The molecule has 196 valence electrons. The lowest BCUT2D eigenvalue weighted by Gasteiger charge is -2.35. The number of hydrogen-bond donors (Lipinski definition) is 2. The van der Waals surface area contributed by atoms with Crippen molar-refractivity contribution in [2.75, 3.05) is 36.4 Å². The second kappa shape index (κ2) is 11.6. The molecule has 0 radical (unpaired) electrons. The van der Waals surface area contributed by atoms with Gasteiger partial charge in [-0.1, -0.05) is 24.1 Å². The van der Waals surface area contributed by atoms with E-state index < -0.39 is 35.5 Å². The Morgan fingerprint density at radius 1 is 1.16 bits per heavy atom. The van der Waals surface area contributed by atoms with Crippen molar-refractivity contribution in [1.29, 1.82) is 0 Å². The molecule has 8 nitrogen and oxygen atoms in total. The zero-order valence-corrected chi connectivity index (χ0v) is 20.4. The van der Waals surface area contributed by atoms with Gasteiger partial charge in [0.05, 0.1) is 23.1 Å². The number of pyridine rings is 1. The molecule has 38 heavy (non-hydrogen) atoms. The maximum Gasteiger partial charge on any atom is 0.322 e. The zero-order chi connectivity index (χ0) is 27.2. The Labute approximate surface area is 216 Å². The van der Waals surface area contributed by atoms with Gasteiger partial charge in [-0.3, -0.25) is 4.79 Å². The van der Waals surface area contributed by atoms with E-state index in [0.29, 0.717) is 37.7 Å². The molecule has 0 unspecified atom stereocenters. The van der Waals surface area contributed by atoms with Crippen molar-refractivity contribution >= 4 is 34.4 Å². The van der Waals surface area contributed by atoms with E-state index in [1.807, 2.05) is 4.90 Å². The Morgan fingerprint density at radius 3 is 2.53 bits per heavy atom. The van der Waals surface area contributed by atoms with E-state index in [2.05, 4.69) is 21.5 Å². The van der Waals surface area contributed by atoms with Crippen molar-refractivity contribution in [3.8, 4) is 12.3 Å². The number of rotatable bonds is 6. The lowest BCUT2D eigenvalue weighted by Crippen LogP contribution is -2.51. The molecule has 1 saturated heterocycles. The molecule has 0 atom stereocenters. The fraction of sp³-hybridized carbons (Fsp3) is 0.222. The van der Waals surface area contributed by atoms with Crippen LogP contribution in [0.3, 0.4) is 0 Å². The summed E-state index contributed by atoms with van der Waals surface area (Å²) in [4.78, 5) is 33.1. The van der Waals surface area contributed by atoms with Gasteiger partial charge >= 0.3 is 6.03 Å². The highest BCUT2D eigenvalue weighted by atomic mass is 19.3. The van der Waals surface area contributed by atoms with E-state index in [-0.39, 0.29) is 16.7 Å². The first-order valence-corrected chi connectivity index (χ1v) is 11.7. The SMILES string of the molecule is C#C/C=C(NC(=O)N1CCN(c2ccc(NC(=O)c3oc4ccccc4c3C(F)F)cn2)CC1)\C(F)=C/C. The lowest BCUT2D eigenvalue weighted by atomic mass is 10.1. The summed E-state index contributed by atoms with van der Waals surface area (Å²) in [6.45, 7) is 3.13. The van der Waals surface area contributed by atoms with Crippen LogP contribution in [0.5, 0.6) is 0 Å². The minimum atomic E-state index is -2.89. The molecule has 2 N–H and O–H groups in total. The van der Waals surface area contributed by atoms with Crippen LogP contribution in [-0.4, -0.2) is 48.0 Å². The van der Waals surface area contributed by atoms with E-state index >= 15 is 0 Å². The summed E-state index contributed by atoms with van der Waals surface area (Å²) < 4.78 is 46.6. The number of nitrogens with zero attached hydrogens (tertiary/aromatic N) is 3. The Morgan fingerprint density at radius 2 is 1.89 bits per heavy atom. The summed E-state index contributed by atoms with van der Waals surface area (Å²) in [5.41, 5.74) is -0.0363. The molecule has 3 heterocycles. The first-order chi connectivity index (χ1) is 18.3. The summed E-state index contributed by atoms with van der Waals surface area (Å²) in [6.07, 6.45) is 6.08. The summed E-state index contributed by atoms with van der Waals surface area (Å²) in [6, 6.07) is 9.03. The standard InChI is InChI=1S/C27H24F3N5O3/c1-3-7-20(19(28)4-2)33-27(37)35-14-12-34(13-15-35)22-11-10-17(16-31-22)32-26(36)24-23(25(29)30)18-8-5-6-9-21(18)38-24/h1,4-11,16,25H,12-15H2,2H3,(H,32,36)(H,33,37)/b19-4+,20-7+. The fourth-order valence-electron chi connectivity index (χ4n) is 4.02. The van der Waals surface area contributed by atoms with Crippen molar-refractivity contribution in [3.63, 3.8) is 0 Å². The van der Waals surface area contributed by atoms with E-state index in [9.17, 15) is 22.8 Å². The van der Waals surface area contributed by atoms with Gasteiger partial charge in [0.1, 0.15) is 17.2 Å². The first-order valence-electron chi connectivity index (χ1n) is 11.7. The van der Waals surface area contributed by atoms with Crippen LogP contribution in [0.2, 0.25) is 0 Å². The largest absolute Gasteiger partial charge is 0.450 e. The maximum absolute atomic E-state index is 13.9. The molecular weight excluding hydrogens is 499 g/mol. The highest BCUT2D eigenvalue weighted by molar-refractivity contribution is 6.06. The third-order valence-corrected chi connectivity index (χ3v) is 5.93. The number of fused-ring (bicyclic) bond motifs is 1. The average molecular weight is 524 g/mol. The first kappa shape index (κ1) is 26.3. The maximum atomic E-state index is 13.9. The Kier molecular flexibility index (Phi) is 8.01. The molecule has 3 aromatic rings. The van der Waals surface area contributed by atoms with Gasteiger partial charge in [-0.25, -0.2) is 22.9 Å². The van der Waals surface area contributed by atoms with E-state index in [0.717, 1.165) is 6.08 Å². The topological polar surface area (TPSA) is 90.7 Å². The molecule has 0 spiro atoms. The van der Waals surface area contributed by atoms with Crippen LogP contribution in [-0.2, 0) is 0 Å². The quantitative estimate of drug-likeness (QED) is 0.341. The van der Waals surface area contributed by atoms with Crippen LogP contribution in [0.25, 0.3) is 11.0 Å². The molecular formula is C27H24F3N5O3.